The summed E-state index contributed by atoms with van der Waals surface area (Å²) in [4.78, 5) is 14.6. The van der Waals surface area contributed by atoms with Crippen LogP contribution in [0.3, 0.4) is 0 Å². The molecule has 0 amide bonds. The largest absolute Gasteiger partial charge is 0.468 e. The highest BCUT2D eigenvalue weighted by molar-refractivity contribution is 7.89. The first-order chi connectivity index (χ1) is 16.7. The molecule has 1 aliphatic rings. The number of rotatable bonds is 7. The number of ether oxygens (including phenoxy) is 1. The first-order valence-corrected chi connectivity index (χ1v) is 13.1. The second kappa shape index (κ2) is 10.7. The van der Waals surface area contributed by atoms with Crippen molar-refractivity contribution in [3.05, 3.63) is 82.7 Å². The monoisotopic (exact) mass is 497 g/mol. The molecule has 3 aromatic rings. The van der Waals surface area contributed by atoms with Gasteiger partial charge in [0.1, 0.15) is 6.04 Å². The Morgan fingerprint density at radius 1 is 0.971 bits per heavy atom. The van der Waals surface area contributed by atoms with Crippen molar-refractivity contribution in [3.63, 3.8) is 0 Å². The summed E-state index contributed by atoms with van der Waals surface area (Å²) in [6.45, 7) is 5.60. The third-order valence-electron chi connectivity index (χ3n) is 6.17. The van der Waals surface area contributed by atoms with Crippen LogP contribution < -0.4 is 0 Å². The minimum atomic E-state index is -3.69. The third kappa shape index (κ3) is 6.33. The average molecular weight is 498 g/mol. The molecule has 0 spiro atoms. The van der Waals surface area contributed by atoms with Crippen molar-refractivity contribution in [1.82, 2.24) is 24.2 Å². The smallest absolute Gasteiger partial charge is 0.325 e. The molecule has 186 valence electrons. The average Bonchev–Trinajstić information content (AvgIpc) is 3.23. The van der Waals surface area contributed by atoms with Crippen molar-refractivity contribution >= 4 is 16.0 Å². The third-order valence-corrected chi connectivity index (χ3v) is 7.97. The molecular formula is C25H31N5O4S. The number of carbonyl (C=O) groups is 1. The molecule has 1 unspecified atom stereocenters. The first kappa shape index (κ1) is 25.0. The number of methoxy groups -OCH3 is 1. The van der Waals surface area contributed by atoms with Crippen molar-refractivity contribution in [3.8, 4) is 0 Å². The molecule has 1 aliphatic heterocycles. The first-order valence-electron chi connectivity index (χ1n) is 11.5. The molecule has 1 saturated heterocycles. The lowest BCUT2D eigenvalue weighted by Crippen LogP contribution is -2.48. The predicted octanol–water partition coefficient (Wildman–Crippen LogP) is 2.13. The molecule has 0 radical (unpaired) electrons. The molecule has 10 heteroatoms. The Kier molecular flexibility index (Phi) is 7.63. The van der Waals surface area contributed by atoms with Crippen LogP contribution in [-0.4, -0.2) is 70.6 Å². The van der Waals surface area contributed by atoms with Crippen LogP contribution >= 0.6 is 0 Å². The van der Waals surface area contributed by atoms with Crippen molar-refractivity contribution < 1.29 is 17.9 Å². The highest BCUT2D eigenvalue weighted by Gasteiger charge is 2.39. The Morgan fingerprint density at radius 3 is 2.17 bits per heavy atom. The molecule has 2 heterocycles. The summed E-state index contributed by atoms with van der Waals surface area (Å²) in [6, 6.07) is 14.9. The van der Waals surface area contributed by atoms with Crippen LogP contribution in [0, 0.1) is 13.8 Å². The van der Waals surface area contributed by atoms with E-state index in [0.717, 1.165) is 16.7 Å². The van der Waals surface area contributed by atoms with Gasteiger partial charge in [-0.3, -0.25) is 9.69 Å². The van der Waals surface area contributed by atoms with Gasteiger partial charge in [0.2, 0.25) is 10.0 Å². The molecule has 9 nitrogen and oxygen atoms in total. The van der Waals surface area contributed by atoms with E-state index in [4.69, 9.17) is 4.74 Å². The van der Waals surface area contributed by atoms with E-state index in [-0.39, 0.29) is 25.4 Å². The summed E-state index contributed by atoms with van der Waals surface area (Å²) in [5.41, 5.74) is 4.93. The molecule has 4 rings (SSSR count). The standard InChI is InChI=1S/C25H31N5O4S/c1-19-4-8-21(9-5-19)14-29-17-23(26-27-29)16-28-12-13-35(32,33)30(24(18-28)25(31)34-3)15-22-10-6-20(2)7-11-22/h4-11,17,24H,12-16,18H2,1-3H3. The molecule has 0 aliphatic carbocycles. The van der Waals surface area contributed by atoms with Gasteiger partial charge in [0.15, 0.2) is 0 Å². The lowest BCUT2D eigenvalue weighted by atomic mass is 10.1. The van der Waals surface area contributed by atoms with Gasteiger partial charge < -0.3 is 4.74 Å². The Morgan fingerprint density at radius 2 is 1.57 bits per heavy atom. The number of aromatic nitrogens is 3. The van der Waals surface area contributed by atoms with E-state index in [2.05, 4.69) is 34.6 Å². The SMILES string of the molecule is COC(=O)C1CN(Cc2cn(Cc3ccc(C)cc3)nn2)CCS(=O)(=O)N1Cc1ccc(C)cc1. The lowest BCUT2D eigenvalue weighted by molar-refractivity contribution is -0.145. The minimum absolute atomic E-state index is 0.0934. The summed E-state index contributed by atoms with van der Waals surface area (Å²) in [5, 5.41) is 8.49. The number of benzene rings is 2. The molecule has 2 aromatic carbocycles. The molecular weight excluding hydrogens is 466 g/mol. The topological polar surface area (TPSA) is 97.6 Å². The van der Waals surface area contributed by atoms with Gasteiger partial charge >= 0.3 is 5.97 Å². The maximum absolute atomic E-state index is 13.2. The minimum Gasteiger partial charge on any atom is -0.468 e. The van der Waals surface area contributed by atoms with Gasteiger partial charge in [0.05, 0.1) is 31.3 Å². The van der Waals surface area contributed by atoms with Crippen LogP contribution in [-0.2, 0) is 39.2 Å². The second-order valence-corrected chi connectivity index (χ2v) is 11.1. The van der Waals surface area contributed by atoms with E-state index in [1.165, 1.54) is 17.0 Å². The summed E-state index contributed by atoms with van der Waals surface area (Å²) >= 11 is 0. The normalized spacial score (nSPS) is 18.8. The van der Waals surface area contributed by atoms with Gasteiger partial charge in [0.25, 0.3) is 0 Å². The number of esters is 1. The number of aryl methyl sites for hydroxylation is 2. The van der Waals surface area contributed by atoms with Gasteiger partial charge in [-0.2, -0.15) is 4.31 Å². The maximum atomic E-state index is 13.2. The van der Waals surface area contributed by atoms with Crippen molar-refractivity contribution in [2.45, 2.75) is 39.5 Å². The zero-order valence-electron chi connectivity index (χ0n) is 20.3. The van der Waals surface area contributed by atoms with Gasteiger partial charge in [-0.05, 0) is 25.0 Å². The molecule has 0 N–H and O–H groups in total. The maximum Gasteiger partial charge on any atom is 0.325 e. The van der Waals surface area contributed by atoms with Crippen molar-refractivity contribution in [2.24, 2.45) is 0 Å². The van der Waals surface area contributed by atoms with Crippen LogP contribution in [0.1, 0.15) is 27.9 Å². The zero-order chi connectivity index (χ0) is 25.0. The van der Waals surface area contributed by atoms with Crippen molar-refractivity contribution in [2.75, 3.05) is 26.0 Å². The summed E-state index contributed by atoms with van der Waals surface area (Å²) in [6.07, 6.45) is 1.86. The number of hydrogen-bond donors (Lipinski definition) is 0. The number of sulfonamides is 1. The Bertz CT molecular complexity index is 1260. The summed E-state index contributed by atoms with van der Waals surface area (Å²) in [5.74, 6) is -0.667. The fourth-order valence-electron chi connectivity index (χ4n) is 4.13. The molecule has 1 atom stereocenters. The Hall–Kier alpha value is -3.08. The summed E-state index contributed by atoms with van der Waals surface area (Å²) in [7, 11) is -2.40. The van der Waals surface area contributed by atoms with Crippen LogP contribution in [0.4, 0.5) is 0 Å². The van der Waals surface area contributed by atoms with Crippen LogP contribution in [0.15, 0.2) is 54.7 Å². The number of nitrogens with zero attached hydrogens (tertiary/aromatic N) is 5. The van der Waals surface area contributed by atoms with E-state index in [1.54, 1.807) is 4.68 Å². The quantitative estimate of drug-likeness (QED) is 0.461. The van der Waals surface area contributed by atoms with Crippen LogP contribution in [0.25, 0.3) is 0 Å². The van der Waals surface area contributed by atoms with Gasteiger partial charge in [0, 0.05) is 26.2 Å². The number of hydrogen-bond acceptors (Lipinski definition) is 7. The van der Waals surface area contributed by atoms with E-state index in [9.17, 15) is 13.2 Å². The van der Waals surface area contributed by atoms with E-state index in [1.807, 2.05) is 49.2 Å². The molecule has 0 saturated carbocycles. The fraction of sp³-hybridized carbons (Fsp3) is 0.400. The van der Waals surface area contributed by atoms with Crippen LogP contribution in [0.2, 0.25) is 0 Å². The highest BCUT2D eigenvalue weighted by atomic mass is 32.2. The van der Waals surface area contributed by atoms with Gasteiger partial charge in [-0.15, -0.1) is 5.10 Å². The molecule has 0 bridgehead atoms. The number of carbonyl (C=O) groups excluding carboxylic acids is 1. The van der Waals surface area contributed by atoms with E-state index < -0.39 is 22.0 Å². The van der Waals surface area contributed by atoms with Crippen LogP contribution in [0.5, 0.6) is 0 Å². The molecule has 35 heavy (non-hydrogen) atoms. The Labute approximate surface area is 206 Å². The highest BCUT2D eigenvalue weighted by Crippen LogP contribution is 2.21. The fourth-order valence-corrected chi connectivity index (χ4v) is 5.74. The zero-order valence-corrected chi connectivity index (χ0v) is 21.1. The molecule has 1 fully saturated rings. The Balaban J connectivity index is 1.50. The predicted molar refractivity (Wildman–Crippen MR) is 132 cm³/mol. The second-order valence-electron chi connectivity index (χ2n) is 9.01. The van der Waals surface area contributed by atoms with Crippen molar-refractivity contribution in [1.29, 1.82) is 0 Å². The summed E-state index contributed by atoms with van der Waals surface area (Å²) < 4.78 is 34.4. The lowest BCUT2D eigenvalue weighted by Gasteiger charge is -2.28. The van der Waals surface area contributed by atoms with Gasteiger partial charge in [-0.1, -0.05) is 64.9 Å². The van der Waals surface area contributed by atoms with Gasteiger partial charge in [-0.25, -0.2) is 13.1 Å². The van der Waals surface area contributed by atoms with E-state index >= 15 is 0 Å². The molecule has 1 aromatic heterocycles. The van der Waals surface area contributed by atoms with E-state index in [0.29, 0.717) is 18.8 Å².